The van der Waals surface area contributed by atoms with E-state index in [1.54, 1.807) is 25.1 Å². The molecule has 2 amide bonds. The van der Waals surface area contributed by atoms with Gasteiger partial charge in [0.25, 0.3) is 0 Å². The van der Waals surface area contributed by atoms with Crippen LogP contribution < -0.4 is 20.1 Å². The molecule has 0 saturated heterocycles. The third-order valence-corrected chi connectivity index (χ3v) is 2.42. The number of hydrogen-bond donors (Lipinski definition) is 2. The Bertz CT molecular complexity index is 473. The molecule has 0 bridgehead atoms. The van der Waals surface area contributed by atoms with Gasteiger partial charge >= 0.3 is 0 Å². The van der Waals surface area contributed by atoms with Crippen LogP contribution in [0.4, 0.5) is 5.69 Å². The van der Waals surface area contributed by atoms with Gasteiger partial charge in [-0.3, -0.25) is 9.59 Å². The van der Waals surface area contributed by atoms with Crippen molar-refractivity contribution in [1.82, 2.24) is 5.32 Å². The zero-order valence-corrected chi connectivity index (χ0v) is 9.99. The van der Waals surface area contributed by atoms with Gasteiger partial charge in [-0.05, 0) is 12.1 Å². The van der Waals surface area contributed by atoms with Gasteiger partial charge in [-0.2, -0.15) is 0 Å². The SMILES string of the molecule is CCC(=O)NCC(=O)Nc1ccc2c(c1)OCO2. The van der Waals surface area contributed by atoms with Gasteiger partial charge in [-0.1, -0.05) is 6.92 Å². The first-order valence-electron chi connectivity index (χ1n) is 5.65. The summed E-state index contributed by atoms with van der Waals surface area (Å²) in [6.45, 7) is 1.88. The summed E-state index contributed by atoms with van der Waals surface area (Å²) in [4.78, 5) is 22.5. The molecule has 1 aliphatic rings. The predicted octanol–water partition coefficient (Wildman–Crippen LogP) is 0.880. The fourth-order valence-corrected chi connectivity index (χ4v) is 1.48. The topological polar surface area (TPSA) is 76.7 Å². The number of rotatable bonds is 4. The van der Waals surface area contributed by atoms with E-state index < -0.39 is 0 Å². The summed E-state index contributed by atoms with van der Waals surface area (Å²) in [5.74, 6) is 0.823. The van der Waals surface area contributed by atoms with Crippen molar-refractivity contribution >= 4 is 17.5 Å². The minimum atomic E-state index is -0.282. The quantitative estimate of drug-likeness (QED) is 0.831. The lowest BCUT2D eigenvalue weighted by molar-refractivity contribution is -0.123. The second kappa shape index (κ2) is 5.39. The number of carbonyl (C=O) groups excluding carboxylic acids is 2. The van der Waals surface area contributed by atoms with Crippen molar-refractivity contribution in [3.05, 3.63) is 18.2 Å². The van der Waals surface area contributed by atoms with Crippen LogP contribution >= 0.6 is 0 Å². The largest absolute Gasteiger partial charge is 0.454 e. The summed E-state index contributed by atoms with van der Waals surface area (Å²) in [6, 6.07) is 5.12. The van der Waals surface area contributed by atoms with E-state index in [0.29, 0.717) is 23.6 Å². The van der Waals surface area contributed by atoms with Gasteiger partial charge in [0, 0.05) is 18.2 Å². The molecule has 0 unspecified atom stereocenters. The van der Waals surface area contributed by atoms with E-state index in [0.717, 1.165) is 0 Å². The Balaban J connectivity index is 1.89. The summed E-state index contributed by atoms with van der Waals surface area (Å²) >= 11 is 0. The van der Waals surface area contributed by atoms with Gasteiger partial charge in [0.05, 0.1) is 6.54 Å². The third kappa shape index (κ3) is 2.91. The number of carbonyl (C=O) groups is 2. The summed E-state index contributed by atoms with van der Waals surface area (Å²) < 4.78 is 10.4. The number of benzene rings is 1. The zero-order chi connectivity index (χ0) is 13.0. The lowest BCUT2D eigenvalue weighted by Crippen LogP contribution is -2.32. The zero-order valence-electron chi connectivity index (χ0n) is 9.99. The molecule has 18 heavy (non-hydrogen) atoms. The smallest absolute Gasteiger partial charge is 0.243 e. The second-order valence-corrected chi connectivity index (χ2v) is 3.75. The van der Waals surface area contributed by atoms with Crippen LogP contribution in [0.5, 0.6) is 11.5 Å². The summed E-state index contributed by atoms with van der Waals surface area (Å²) in [7, 11) is 0. The lowest BCUT2D eigenvalue weighted by atomic mass is 10.3. The number of anilines is 1. The van der Waals surface area contributed by atoms with Gasteiger partial charge in [-0.25, -0.2) is 0 Å². The highest BCUT2D eigenvalue weighted by Gasteiger charge is 2.14. The molecule has 1 aromatic carbocycles. The van der Waals surface area contributed by atoms with E-state index >= 15 is 0 Å². The highest BCUT2D eigenvalue weighted by atomic mass is 16.7. The molecule has 0 saturated carbocycles. The van der Waals surface area contributed by atoms with Crippen molar-refractivity contribution in [1.29, 1.82) is 0 Å². The number of hydrogen-bond acceptors (Lipinski definition) is 4. The van der Waals surface area contributed by atoms with Gasteiger partial charge in [0.15, 0.2) is 11.5 Å². The normalized spacial score (nSPS) is 12.1. The maximum absolute atomic E-state index is 11.5. The van der Waals surface area contributed by atoms with E-state index in [4.69, 9.17) is 9.47 Å². The first-order valence-corrected chi connectivity index (χ1v) is 5.65. The van der Waals surface area contributed by atoms with Crippen LogP contribution in [0.2, 0.25) is 0 Å². The Morgan fingerprint density at radius 1 is 1.22 bits per heavy atom. The van der Waals surface area contributed by atoms with Gasteiger partial charge in [0.2, 0.25) is 18.6 Å². The first-order chi connectivity index (χ1) is 8.69. The third-order valence-electron chi connectivity index (χ3n) is 2.42. The van der Waals surface area contributed by atoms with Crippen LogP contribution in [-0.4, -0.2) is 25.2 Å². The summed E-state index contributed by atoms with van der Waals surface area (Å²) in [6.07, 6.45) is 0.358. The maximum atomic E-state index is 11.5. The Morgan fingerprint density at radius 3 is 2.78 bits per heavy atom. The Kier molecular flexibility index (Phi) is 3.66. The molecule has 0 aromatic heterocycles. The highest BCUT2D eigenvalue weighted by Crippen LogP contribution is 2.34. The molecule has 0 atom stereocenters. The van der Waals surface area contributed by atoms with E-state index in [-0.39, 0.29) is 25.2 Å². The maximum Gasteiger partial charge on any atom is 0.243 e. The van der Waals surface area contributed by atoms with Crippen LogP contribution in [-0.2, 0) is 9.59 Å². The molecule has 2 N–H and O–H groups in total. The molecular weight excluding hydrogens is 236 g/mol. The van der Waals surface area contributed by atoms with Crippen LogP contribution in [0, 0.1) is 0 Å². The van der Waals surface area contributed by atoms with Crippen LogP contribution in [0.1, 0.15) is 13.3 Å². The molecule has 1 aromatic rings. The number of nitrogens with one attached hydrogen (secondary N) is 2. The molecule has 2 rings (SSSR count). The first kappa shape index (κ1) is 12.2. The van der Waals surface area contributed by atoms with Crippen molar-refractivity contribution in [2.45, 2.75) is 13.3 Å². The molecule has 1 heterocycles. The van der Waals surface area contributed by atoms with E-state index in [1.165, 1.54) is 0 Å². The predicted molar refractivity (Wildman–Crippen MR) is 64.5 cm³/mol. The van der Waals surface area contributed by atoms with Crippen molar-refractivity contribution in [2.24, 2.45) is 0 Å². The van der Waals surface area contributed by atoms with Gasteiger partial charge in [0.1, 0.15) is 0 Å². The number of fused-ring (bicyclic) bond motifs is 1. The minimum absolute atomic E-state index is 0.0406. The summed E-state index contributed by atoms with van der Waals surface area (Å²) in [5, 5.41) is 5.16. The molecule has 0 aliphatic carbocycles. The molecule has 1 aliphatic heterocycles. The summed E-state index contributed by atoms with van der Waals surface area (Å²) in [5.41, 5.74) is 0.606. The second-order valence-electron chi connectivity index (χ2n) is 3.75. The average molecular weight is 250 g/mol. The van der Waals surface area contributed by atoms with Crippen molar-refractivity contribution < 1.29 is 19.1 Å². The monoisotopic (exact) mass is 250 g/mol. The Hall–Kier alpha value is -2.24. The van der Waals surface area contributed by atoms with Gasteiger partial charge < -0.3 is 20.1 Å². The van der Waals surface area contributed by atoms with Crippen molar-refractivity contribution in [2.75, 3.05) is 18.7 Å². The van der Waals surface area contributed by atoms with Crippen LogP contribution in [0.15, 0.2) is 18.2 Å². The number of amides is 2. The Labute approximate surface area is 104 Å². The molecule has 6 heteroatoms. The van der Waals surface area contributed by atoms with Gasteiger partial charge in [-0.15, -0.1) is 0 Å². The molecule has 0 fully saturated rings. The van der Waals surface area contributed by atoms with Crippen LogP contribution in [0.3, 0.4) is 0 Å². The average Bonchev–Trinajstić information content (AvgIpc) is 2.83. The molecule has 0 radical (unpaired) electrons. The standard InChI is InChI=1S/C12H14N2O4/c1-2-11(15)13-6-12(16)14-8-3-4-9-10(5-8)18-7-17-9/h3-5H,2,6-7H2,1H3,(H,13,15)(H,14,16). The molecule has 0 spiro atoms. The van der Waals surface area contributed by atoms with E-state index in [1.807, 2.05) is 0 Å². The number of ether oxygens (including phenoxy) is 2. The van der Waals surface area contributed by atoms with Crippen LogP contribution in [0.25, 0.3) is 0 Å². The molecule has 96 valence electrons. The van der Waals surface area contributed by atoms with E-state index in [2.05, 4.69) is 10.6 Å². The fourth-order valence-electron chi connectivity index (χ4n) is 1.48. The fraction of sp³-hybridized carbons (Fsp3) is 0.333. The molecule has 6 nitrogen and oxygen atoms in total. The van der Waals surface area contributed by atoms with Crippen molar-refractivity contribution in [3.8, 4) is 11.5 Å². The molecular formula is C12H14N2O4. The lowest BCUT2D eigenvalue weighted by Gasteiger charge is -2.06. The Morgan fingerprint density at radius 2 is 2.00 bits per heavy atom. The highest BCUT2D eigenvalue weighted by molar-refractivity contribution is 5.94. The minimum Gasteiger partial charge on any atom is -0.454 e. The van der Waals surface area contributed by atoms with E-state index in [9.17, 15) is 9.59 Å². The van der Waals surface area contributed by atoms with Crippen molar-refractivity contribution in [3.63, 3.8) is 0 Å².